The highest BCUT2D eigenvalue weighted by molar-refractivity contribution is 7.89. The van der Waals surface area contributed by atoms with Crippen LogP contribution in [0, 0.1) is 0 Å². The van der Waals surface area contributed by atoms with Crippen LogP contribution < -0.4 is 5.32 Å². The smallest absolute Gasteiger partial charge is 0.244 e. The van der Waals surface area contributed by atoms with E-state index in [1.54, 1.807) is 13.0 Å². The van der Waals surface area contributed by atoms with E-state index in [0.29, 0.717) is 38.7 Å². The van der Waals surface area contributed by atoms with Crippen molar-refractivity contribution in [3.05, 3.63) is 18.3 Å². The molecule has 0 saturated carbocycles. The van der Waals surface area contributed by atoms with Crippen LogP contribution in [0.15, 0.2) is 23.2 Å². The van der Waals surface area contributed by atoms with E-state index in [4.69, 9.17) is 9.84 Å². The van der Waals surface area contributed by atoms with E-state index in [1.165, 1.54) is 16.6 Å². The van der Waals surface area contributed by atoms with Gasteiger partial charge in [-0.3, -0.25) is 0 Å². The van der Waals surface area contributed by atoms with E-state index >= 15 is 0 Å². The summed E-state index contributed by atoms with van der Waals surface area (Å²) >= 11 is 0. The van der Waals surface area contributed by atoms with Gasteiger partial charge in [0.05, 0.1) is 19.3 Å². The molecular formula is C12H19N3O4S. The van der Waals surface area contributed by atoms with Gasteiger partial charge in [0.15, 0.2) is 0 Å². The van der Waals surface area contributed by atoms with Crippen molar-refractivity contribution < 1.29 is 18.3 Å². The predicted molar refractivity (Wildman–Crippen MR) is 74.0 cm³/mol. The van der Waals surface area contributed by atoms with Crippen LogP contribution in [0.25, 0.3) is 0 Å². The van der Waals surface area contributed by atoms with E-state index in [2.05, 4.69) is 10.3 Å². The zero-order valence-corrected chi connectivity index (χ0v) is 12.1. The Balaban J connectivity index is 2.08. The fraction of sp³-hybridized carbons (Fsp3) is 0.583. The normalized spacial score (nSPS) is 18.7. The van der Waals surface area contributed by atoms with Crippen LogP contribution in [0.3, 0.4) is 0 Å². The van der Waals surface area contributed by atoms with E-state index in [9.17, 15) is 8.42 Å². The fourth-order valence-electron chi connectivity index (χ4n) is 1.83. The summed E-state index contributed by atoms with van der Waals surface area (Å²) in [5.41, 5.74) is 0. The van der Waals surface area contributed by atoms with Crippen molar-refractivity contribution in [3.63, 3.8) is 0 Å². The van der Waals surface area contributed by atoms with Crippen molar-refractivity contribution in [1.29, 1.82) is 0 Å². The third-order valence-electron chi connectivity index (χ3n) is 2.92. The van der Waals surface area contributed by atoms with Crippen LogP contribution in [-0.2, 0) is 14.8 Å². The quantitative estimate of drug-likeness (QED) is 0.789. The minimum absolute atomic E-state index is 0.169. The number of rotatable bonds is 5. The van der Waals surface area contributed by atoms with E-state index in [-0.39, 0.29) is 4.90 Å². The number of hydrogen-bond acceptors (Lipinski definition) is 6. The lowest BCUT2D eigenvalue weighted by atomic mass is 10.4. The van der Waals surface area contributed by atoms with E-state index < -0.39 is 16.1 Å². The van der Waals surface area contributed by atoms with Crippen molar-refractivity contribution in [2.45, 2.75) is 17.9 Å². The Bertz CT molecular complexity index is 524. The number of aliphatic hydroxyl groups excluding tert-OH is 1. The number of pyridine rings is 1. The second-order valence-electron chi connectivity index (χ2n) is 4.63. The molecule has 1 aromatic rings. The molecule has 1 aromatic heterocycles. The van der Waals surface area contributed by atoms with Gasteiger partial charge in [0.1, 0.15) is 10.7 Å². The average Bonchev–Trinajstić information content (AvgIpc) is 2.46. The predicted octanol–water partition coefficient (Wildman–Crippen LogP) is -0.105. The summed E-state index contributed by atoms with van der Waals surface area (Å²) in [6.45, 7) is 3.59. The largest absolute Gasteiger partial charge is 0.392 e. The molecule has 0 radical (unpaired) electrons. The summed E-state index contributed by atoms with van der Waals surface area (Å²) in [6, 6.07) is 3.11. The molecule has 0 spiro atoms. The number of hydrogen-bond donors (Lipinski definition) is 2. The summed E-state index contributed by atoms with van der Waals surface area (Å²) in [5, 5.41) is 12.1. The standard InChI is InChI=1S/C12H19N3O4S/c1-10(16)8-13-12-3-2-11(9-14-12)20(17,18)15-4-6-19-7-5-15/h2-3,9-10,16H,4-8H2,1H3,(H,13,14). The highest BCUT2D eigenvalue weighted by Crippen LogP contribution is 2.17. The fourth-order valence-corrected chi connectivity index (χ4v) is 3.18. The maximum Gasteiger partial charge on any atom is 0.244 e. The number of anilines is 1. The second kappa shape index (κ2) is 6.49. The Labute approximate surface area is 118 Å². The lowest BCUT2D eigenvalue weighted by Crippen LogP contribution is -2.40. The topological polar surface area (TPSA) is 91.8 Å². The third kappa shape index (κ3) is 3.66. The van der Waals surface area contributed by atoms with Gasteiger partial charge in [-0.2, -0.15) is 4.31 Å². The molecular weight excluding hydrogens is 282 g/mol. The SMILES string of the molecule is CC(O)CNc1ccc(S(=O)(=O)N2CCOCC2)cn1. The monoisotopic (exact) mass is 301 g/mol. The van der Waals surface area contributed by atoms with Gasteiger partial charge in [0.25, 0.3) is 0 Å². The van der Waals surface area contributed by atoms with Gasteiger partial charge in [-0.15, -0.1) is 0 Å². The molecule has 0 bridgehead atoms. The van der Waals surface area contributed by atoms with Crippen molar-refractivity contribution in [3.8, 4) is 0 Å². The first kappa shape index (κ1) is 15.2. The highest BCUT2D eigenvalue weighted by Gasteiger charge is 2.26. The van der Waals surface area contributed by atoms with Crippen LogP contribution >= 0.6 is 0 Å². The number of morpholine rings is 1. The molecule has 0 aliphatic carbocycles. The average molecular weight is 301 g/mol. The van der Waals surface area contributed by atoms with Gasteiger partial charge in [-0.25, -0.2) is 13.4 Å². The van der Waals surface area contributed by atoms with E-state index in [0.717, 1.165) is 0 Å². The number of aliphatic hydroxyl groups is 1. The molecule has 2 rings (SSSR count). The molecule has 2 N–H and O–H groups in total. The molecule has 0 amide bonds. The van der Waals surface area contributed by atoms with Crippen LogP contribution in [0.1, 0.15) is 6.92 Å². The Morgan fingerprint density at radius 3 is 2.70 bits per heavy atom. The zero-order valence-electron chi connectivity index (χ0n) is 11.3. The molecule has 1 aliphatic rings. The van der Waals surface area contributed by atoms with Gasteiger partial charge in [-0.1, -0.05) is 0 Å². The van der Waals surface area contributed by atoms with Crippen LogP contribution in [0.4, 0.5) is 5.82 Å². The lowest BCUT2D eigenvalue weighted by Gasteiger charge is -2.25. The molecule has 112 valence electrons. The summed E-state index contributed by atoms with van der Waals surface area (Å²) in [6.07, 6.45) is 0.836. The molecule has 2 heterocycles. The molecule has 1 aliphatic heterocycles. The number of aromatic nitrogens is 1. The number of nitrogens with zero attached hydrogens (tertiary/aromatic N) is 2. The Morgan fingerprint density at radius 2 is 2.15 bits per heavy atom. The Hall–Kier alpha value is -1.22. The molecule has 1 unspecified atom stereocenters. The molecule has 7 nitrogen and oxygen atoms in total. The lowest BCUT2D eigenvalue weighted by molar-refractivity contribution is 0.0730. The molecule has 1 fully saturated rings. The summed E-state index contributed by atoms with van der Waals surface area (Å²) in [5.74, 6) is 0.534. The molecule has 8 heteroatoms. The number of ether oxygens (including phenoxy) is 1. The van der Waals surface area contributed by atoms with Gasteiger partial charge >= 0.3 is 0 Å². The first-order valence-corrected chi connectivity index (χ1v) is 7.90. The highest BCUT2D eigenvalue weighted by atomic mass is 32.2. The number of nitrogens with one attached hydrogen (secondary N) is 1. The Morgan fingerprint density at radius 1 is 1.45 bits per heavy atom. The van der Waals surface area contributed by atoms with Gasteiger partial charge in [-0.05, 0) is 19.1 Å². The third-order valence-corrected chi connectivity index (χ3v) is 4.80. The van der Waals surface area contributed by atoms with Crippen molar-refractivity contribution in [1.82, 2.24) is 9.29 Å². The summed E-state index contributed by atoms with van der Waals surface area (Å²) in [4.78, 5) is 4.22. The first-order chi connectivity index (χ1) is 9.50. The van der Waals surface area contributed by atoms with Crippen LogP contribution in [0.2, 0.25) is 0 Å². The minimum atomic E-state index is -3.50. The van der Waals surface area contributed by atoms with Gasteiger partial charge < -0.3 is 15.2 Å². The Kier molecular flexibility index (Phi) is 4.92. The van der Waals surface area contributed by atoms with Crippen molar-refractivity contribution >= 4 is 15.8 Å². The second-order valence-corrected chi connectivity index (χ2v) is 6.56. The van der Waals surface area contributed by atoms with Crippen molar-refractivity contribution in [2.75, 3.05) is 38.2 Å². The summed E-state index contributed by atoms with van der Waals surface area (Å²) < 4.78 is 31.2. The van der Waals surface area contributed by atoms with Gasteiger partial charge in [0, 0.05) is 25.8 Å². The molecule has 0 aromatic carbocycles. The van der Waals surface area contributed by atoms with Crippen LogP contribution in [0.5, 0.6) is 0 Å². The number of sulfonamides is 1. The molecule has 20 heavy (non-hydrogen) atoms. The van der Waals surface area contributed by atoms with E-state index in [1.807, 2.05) is 0 Å². The van der Waals surface area contributed by atoms with Crippen molar-refractivity contribution in [2.24, 2.45) is 0 Å². The molecule has 1 atom stereocenters. The summed E-state index contributed by atoms with van der Waals surface area (Å²) in [7, 11) is -3.50. The minimum Gasteiger partial charge on any atom is -0.392 e. The maximum absolute atomic E-state index is 12.3. The van der Waals surface area contributed by atoms with Gasteiger partial charge in [0.2, 0.25) is 10.0 Å². The maximum atomic E-state index is 12.3. The zero-order chi connectivity index (χ0) is 14.6. The molecule has 1 saturated heterocycles. The first-order valence-electron chi connectivity index (χ1n) is 6.46. The van der Waals surface area contributed by atoms with Crippen LogP contribution in [-0.4, -0.2) is 61.8 Å².